The zero-order valence-electron chi connectivity index (χ0n) is 9.51. The molecule has 2 amide bonds. The first kappa shape index (κ1) is 15.6. The van der Waals surface area contributed by atoms with Crippen LogP contribution in [0.15, 0.2) is 12.2 Å². The summed E-state index contributed by atoms with van der Waals surface area (Å²) in [6.45, 7) is -0.661. The van der Waals surface area contributed by atoms with E-state index in [1.54, 1.807) is 0 Å². The lowest BCUT2D eigenvalue weighted by atomic mass is 10.3. The van der Waals surface area contributed by atoms with Gasteiger partial charge in [-0.3, -0.25) is 18.7 Å². The maximum absolute atomic E-state index is 11.9. The predicted octanol–water partition coefficient (Wildman–Crippen LogP) is 0.558. The first-order valence-corrected chi connectivity index (χ1v) is 6.55. The number of hydrogen-bond acceptors (Lipinski definition) is 5. The van der Waals surface area contributed by atoms with Crippen molar-refractivity contribution >= 4 is 21.9 Å². The van der Waals surface area contributed by atoms with E-state index < -0.39 is 34.0 Å². The van der Waals surface area contributed by atoms with Crippen LogP contribution in [0.5, 0.6) is 0 Å². The highest BCUT2D eigenvalue weighted by Crippen LogP contribution is 2.24. The van der Waals surface area contributed by atoms with Crippen molar-refractivity contribution in [2.75, 3.05) is 13.2 Å². The molecule has 10 heteroatoms. The van der Waals surface area contributed by atoms with Gasteiger partial charge < -0.3 is 0 Å². The smallest absolute Gasteiger partial charge is 0.275 e. The third-order valence-electron chi connectivity index (χ3n) is 2.20. The zero-order valence-corrected chi connectivity index (χ0v) is 10.3. The van der Waals surface area contributed by atoms with E-state index in [2.05, 4.69) is 4.18 Å². The van der Waals surface area contributed by atoms with Gasteiger partial charge in [0.25, 0.3) is 11.8 Å². The van der Waals surface area contributed by atoms with Gasteiger partial charge in [-0.05, 0) is 12.8 Å². The molecule has 1 aliphatic rings. The molecule has 0 radical (unpaired) electrons. The van der Waals surface area contributed by atoms with Crippen LogP contribution in [0.1, 0.15) is 12.8 Å². The van der Waals surface area contributed by atoms with Crippen LogP contribution in [0.2, 0.25) is 0 Å². The highest BCUT2D eigenvalue weighted by molar-refractivity contribution is 7.87. The fourth-order valence-corrected chi connectivity index (χ4v) is 1.73. The Balaban J connectivity index is 2.26. The Hall–Kier alpha value is -1.42. The van der Waals surface area contributed by atoms with Crippen LogP contribution in [-0.2, 0) is 23.9 Å². The Bertz CT molecular complexity index is 478. The maximum atomic E-state index is 11.9. The van der Waals surface area contributed by atoms with E-state index in [-0.39, 0.29) is 19.4 Å². The summed E-state index contributed by atoms with van der Waals surface area (Å²) in [6, 6.07) is 0. The van der Waals surface area contributed by atoms with Gasteiger partial charge in [0, 0.05) is 18.7 Å². The van der Waals surface area contributed by atoms with Crippen molar-refractivity contribution in [1.82, 2.24) is 4.90 Å². The monoisotopic (exact) mass is 301 g/mol. The minimum atomic E-state index is -5.58. The van der Waals surface area contributed by atoms with Crippen molar-refractivity contribution in [3.8, 4) is 0 Å². The Kier molecular flexibility index (Phi) is 4.69. The molecule has 0 N–H and O–H groups in total. The van der Waals surface area contributed by atoms with Gasteiger partial charge in [-0.1, -0.05) is 0 Å². The molecule has 108 valence electrons. The molecule has 6 nitrogen and oxygen atoms in total. The average Bonchev–Trinajstić information content (AvgIpc) is 2.58. The summed E-state index contributed by atoms with van der Waals surface area (Å²) in [7, 11) is -5.58. The summed E-state index contributed by atoms with van der Waals surface area (Å²) in [5.41, 5.74) is -5.45. The van der Waals surface area contributed by atoms with Crippen molar-refractivity contribution in [2.45, 2.75) is 18.3 Å². The van der Waals surface area contributed by atoms with Crippen molar-refractivity contribution in [3.63, 3.8) is 0 Å². The zero-order chi connectivity index (χ0) is 14.7. The molecule has 19 heavy (non-hydrogen) atoms. The van der Waals surface area contributed by atoms with E-state index >= 15 is 0 Å². The molecule has 0 fully saturated rings. The number of carbonyl (C=O) groups excluding carboxylic acids is 2. The summed E-state index contributed by atoms with van der Waals surface area (Å²) in [5.74, 6) is -1.01. The standard InChI is InChI=1S/C9H10F3NO5S/c10-9(11,12)19(16,17)18-6-2-1-5-13-7(14)3-4-8(13)15/h3-4H,1-2,5-6H2. The molecule has 0 atom stereocenters. The highest BCUT2D eigenvalue weighted by atomic mass is 32.2. The molecular weight excluding hydrogens is 291 g/mol. The largest absolute Gasteiger partial charge is 0.523 e. The summed E-state index contributed by atoms with van der Waals surface area (Å²) in [4.78, 5) is 23.1. The quantitative estimate of drug-likeness (QED) is 0.310. The molecule has 0 aliphatic carbocycles. The van der Waals surface area contributed by atoms with Gasteiger partial charge in [0.05, 0.1) is 6.61 Å². The maximum Gasteiger partial charge on any atom is 0.523 e. The van der Waals surface area contributed by atoms with E-state index in [1.165, 1.54) is 0 Å². The molecule has 0 aromatic carbocycles. The first-order chi connectivity index (χ1) is 8.65. The number of halogens is 3. The summed E-state index contributed by atoms with van der Waals surface area (Å²) in [5, 5.41) is 0. The van der Waals surface area contributed by atoms with Gasteiger partial charge in [0.2, 0.25) is 0 Å². The molecule has 1 aliphatic heterocycles. The first-order valence-electron chi connectivity index (χ1n) is 5.14. The second-order valence-electron chi connectivity index (χ2n) is 3.59. The van der Waals surface area contributed by atoms with E-state index in [4.69, 9.17) is 0 Å². The van der Waals surface area contributed by atoms with Crippen LogP contribution in [-0.4, -0.2) is 43.8 Å². The molecule has 0 aromatic heterocycles. The molecular formula is C9H10F3NO5S. The van der Waals surface area contributed by atoms with Gasteiger partial charge in [-0.25, -0.2) is 0 Å². The minimum Gasteiger partial charge on any atom is -0.275 e. The Labute approximate surface area is 106 Å². The molecule has 0 bridgehead atoms. The molecule has 1 rings (SSSR count). The second-order valence-corrected chi connectivity index (χ2v) is 5.20. The number of imide groups is 1. The lowest BCUT2D eigenvalue weighted by Crippen LogP contribution is -2.31. The molecule has 0 saturated carbocycles. The van der Waals surface area contributed by atoms with E-state index in [9.17, 15) is 31.2 Å². The third kappa shape index (κ3) is 4.03. The van der Waals surface area contributed by atoms with E-state index in [1.807, 2.05) is 0 Å². The lowest BCUT2D eigenvalue weighted by Gasteiger charge is -2.13. The Morgan fingerprint density at radius 3 is 2.11 bits per heavy atom. The van der Waals surface area contributed by atoms with E-state index in [0.29, 0.717) is 0 Å². The van der Waals surface area contributed by atoms with Crippen LogP contribution in [0.25, 0.3) is 0 Å². The number of unbranched alkanes of at least 4 members (excludes halogenated alkanes) is 1. The molecule has 1 heterocycles. The number of nitrogens with zero attached hydrogens (tertiary/aromatic N) is 1. The number of carbonyl (C=O) groups is 2. The SMILES string of the molecule is O=C1C=CC(=O)N1CCCCOS(=O)(=O)C(F)(F)F. The van der Waals surface area contributed by atoms with Gasteiger partial charge in [-0.15, -0.1) is 0 Å². The number of amides is 2. The van der Waals surface area contributed by atoms with Crippen molar-refractivity contribution in [1.29, 1.82) is 0 Å². The summed E-state index contributed by atoms with van der Waals surface area (Å²) >= 11 is 0. The minimum absolute atomic E-state index is 0.0000914. The molecule has 0 aromatic rings. The molecule has 0 spiro atoms. The Morgan fingerprint density at radius 2 is 1.63 bits per heavy atom. The van der Waals surface area contributed by atoms with Gasteiger partial charge >= 0.3 is 15.6 Å². The molecule has 0 unspecified atom stereocenters. The lowest BCUT2D eigenvalue weighted by molar-refractivity contribution is -0.136. The summed E-state index contributed by atoms with van der Waals surface area (Å²) in [6.07, 6.45) is 2.26. The number of rotatable bonds is 6. The number of hydrogen-bond donors (Lipinski definition) is 0. The average molecular weight is 301 g/mol. The van der Waals surface area contributed by atoms with Crippen LogP contribution in [0.3, 0.4) is 0 Å². The second kappa shape index (κ2) is 5.70. The predicted molar refractivity (Wildman–Crippen MR) is 56.0 cm³/mol. The summed E-state index contributed by atoms with van der Waals surface area (Å²) < 4.78 is 60.4. The highest BCUT2D eigenvalue weighted by Gasteiger charge is 2.47. The van der Waals surface area contributed by atoms with Crippen LogP contribution in [0, 0.1) is 0 Å². The Morgan fingerprint density at radius 1 is 1.11 bits per heavy atom. The number of alkyl halides is 3. The fourth-order valence-electron chi connectivity index (χ4n) is 1.26. The van der Waals surface area contributed by atoms with Crippen molar-refractivity contribution in [2.24, 2.45) is 0 Å². The van der Waals surface area contributed by atoms with Gasteiger partial charge in [-0.2, -0.15) is 21.6 Å². The van der Waals surface area contributed by atoms with Gasteiger partial charge in [0.15, 0.2) is 0 Å². The molecule has 0 saturated heterocycles. The van der Waals surface area contributed by atoms with Crippen LogP contribution >= 0.6 is 0 Å². The van der Waals surface area contributed by atoms with Crippen LogP contribution in [0.4, 0.5) is 13.2 Å². The van der Waals surface area contributed by atoms with Crippen LogP contribution < -0.4 is 0 Å². The van der Waals surface area contributed by atoms with Crippen molar-refractivity contribution in [3.05, 3.63) is 12.2 Å². The van der Waals surface area contributed by atoms with E-state index in [0.717, 1.165) is 17.1 Å². The van der Waals surface area contributed by atoms with Gasteiger partial charge in [0.1, 0.15) is 0 Å². The fraction of sp³-hybridized carbons (Fsp3) is 0.556. The third-order valence-corrected chi connectivity index (χ3v) is 3.24. The normalized spacial score (nSPS) is 16.5. The topological polar surface area (TPSA) is 80.8 Å². The van der Waals surface area contributed by atoms with Crippen molar-refractivity contribution < 1.29 is 35.4 Å².